The third-order valence-corrected chi connectivity index (χ3v) is 4.21. The van der Waals surface area contributed by atoms with Crippen LogP contribution in [-0.4, -0.2) is 45.2 Å². The monoisotopic (exact) mass is 388 g/mol. The zero-order chi connectivity index (χ0) is 19.5. The Morgan fingerprint density at radius 2 is 1.74 bits per heavy atom. The molecular formula is C21H29ClN4O. The number of hydrogen-bond acceptors (Lipinski definition) is 3. The molecule has 0 aliphatic carbocycles. The molecule has 5 nitrogen and oxygen atoms in total. The number of nitrogens with zero attached hydrogens (tertiary/aromatic N) is 2. The fourth-order valence-corrected chi connectivity index (χ4v) is 2.73. The molecule has 0 heterocycles. The first-order chi connectivity index (χ1) is 13.1. The molecule has 0 radical (unpaired) electrons. The third kappa shape index (κ3) is 8.33. The summed E-state index contributed by atoms with van der Waals surface area (Å²) >= 11 is 6.02. The summed E-state index contributed by atoms with van der Waals surface area (Å²) in [6.07, 6.45) is 1.02. The van der Waals surface area contributed by atoms with Crippen molar-refractivity contribution in [3.05, 3.63) is 64.7 Å². The second kappa shape index (κ2) is 11.5. The van der Waals surface area contributed by atoms with Gasteiger partial charge in [0.15, 0.2) is 5.96 Å². The standard InChI is InChI=1S/C21H29ClN4O/c1-23-21(25-16-18-6-4-7-19(22)14-18)24-15-17-8-10-20(11-9-17)27-13-5-12-26(2)3/h4,6-11,14H,5,12-13,15-16H2,1-3H3,(H2,23,24,25). The number of benzene rings is 2. The van der Waals surface area contributed by atoms with Crippen molar-refractivity contribution in [3.63, 3.8) is 0 Å². The fourth-order valence-electron chi connectivity index (χ4n) is 2.51. The lowest BCUT2D eigenvalue weighted by atomic mass is 10.2. The Morgan fingerprint density at radius 1 is 1.04 bits per heavy atom. The summed E-state index contributed by atoms with van der Waals surface area (Å²) in [5.41, 5.74) is 2.28. The first kappa shape index (κ1) is 21.1. The van der Waals surface area contributed by atoms with E-state index in [-0.39, 0.29) is 0 Å². The van der Waals surface area contributed by atoms with Crippen molar-refractivity contribution in [3.8, 4) is 5.75 Å². The van der Waals surface area contributed by atoms with Crippen molar-refractivity contribution in [1.29, 1.82) is 0 Å². The van der Waals surface area contributed by atoms with E-state index < -0.39 is 0 Å². The maximum absolute atomic E-state index is 6.02. The molecule has 0 aromatic heterocycles. The second-order valence-electron chi connectivity index (χ2n) is 6.56. The van der Waals surface area contributed by atoms with Crippen LogP contribution < -0.4 is 15.4 Å². The molecular weight excluding hydrogens is 360 g/mol. The highest BCUT2D eigenvalue weighted by atomic mass is 35.5. The van der Waals surface area contributed by atoms with Gasteiger partial charge in [0.1, 0.15) is 5.75 Å². The summed E-state index contributed by atoms with van der Waals surface area (Å²) in [7, 11) is 5.90. The van der Waals surface area contributed by atoms with E-state index in [1.54, 1.807) is 7.05 Å². The van der Waals surface area contributed by atoms with Crippen LogP contribution in [0.3, 0.4) is 0 Å². The van der Waals surface area contributed by atoms with Gasteiger partial charge in [-0.25, -0.2) is 0 Å². The van der Waals surface area contributed by atoms with Crippen molar-refractivity contribution in [2.24, 2.45) is 4.99 Å². The summed E-state index contributed by atoms with van der Waals surface area (Å²) in [5.74, 6) is 1.65. The largest absolute Gasteiger partial charge is 0.494 e. The van der Waals surface area contributed by atoms with Crippen molar-refractivity contribution < 1.29 is 4.74 Å². The quantitative estimate of drug-likeness (QED) is 0.392. The fraction of sp³-hybridized carbons (Fsp3) is 0.381. The lowest BCUT2D eigenvalue weighted by Gasteiger charge is -2.13. The van der Waals surface area contributed by atoms with Gasteiger partial charge in [0.2, 0.25) is 0 Å². The maximum atomic E-state index is 6.02. The topological polar surface area (TPSA) is 48.9 Å². The summed E-state index contributed by atoms with van der Waals surface area (Å²) in [6, 6.07) is 15.9. The molecule has 146 valence electrons. The van der Waals surface area contributed by atoms with Gasteiger partial charge in [-0.15, -0.1) is 0 Å². The summed E-state index contributed by atoms with van der Waals surface area (Å²) in [5, 5.41) is 7.34. The summed E-state index contributed by atoms with van der Waals surface area (Å²) < 4.78 is 5.76. The smallest absolute Gasteiger partial charge is 0.191 e. The van der Waals surface area contributed by atoms with Gasteiger partial charge in [-0.05, 0) is 55.9 Å². The normalized spacial score (nSPS) is 11.5. The number of guanidine groups is 1. The van der Waals surface area contributed by atoms with Crippen molar-refractivity contribution in [2.45, 2.75) is 19.5 Å². The van der Waals surface area contributed by atoms with E-state index in [0.717, 1.165) is 41.9 Å². The highest BCUT2D eigenvalue weighted by molar-refractivity contribution is 6.30. The minimum absolute atomic E-state index is 0.667. The highest BCUT2D eigenvalue weighted by Gasteiger charge is 2.01. The van der Waals surface area contributed by atoms with Gasteiger partial charge < -0.3 is 20.3 Å². The number of ether oxygens (including phenoxy) is 1. The SMILES string of the molecule is CN=C(NCc1ccc(OCCCN(C)C)cc1)NCc1cccc(Cl)c1. The number of hydrogen-bond donors (Lipinski definition) is 2. The van der Waals surface area contributed by atoms with Gasteiger partial charge in [0.25, 0.3) is 0 Å². The lowest BCUT2D eigenvalue weighted by molar-refractivity contribution is 0.281. The Bertz CT molecular complexity index is 716. The Labute approximate surface area is 167 Å². The molecule has 27 heavy (non-hydrogen) atoms. The Hall–Kier alpha value is -2.24. The molecule has 0 fully saturated rings. The van der Waals surface area contributed by atoms with Crippen LogP contribution in [0.1, 0.15) is 17.5 Å². The maximum Gasteiger partial charge on any atom is 0.191 e. The molecule has 0 bridgehead atoms. The van der Waals surface area contributed by atoms with Crippen LogP contribution in [0.5, 0.6) is 5.75 Å². The van der Waals surface area contributed by atoms with Crippen LogP contribution >= 0.6 is 11.6 Å². The predicted molar refractivity (Wildman–Crippen MR) is 114 cm³/mol. The molecule has 0 atom stereocenters. The van der Waals surface area contributed by atoms with Gasteiger partial charge >= 0.3 is 0 Å². The highest BCUT2D eigenvalue weighted by Crippen LogP contribution is 2.13. The van der Waals surface area contributed by atoms with Crippen LogP contribution in [0.4, 0.5) is 0 Å². The molecule has 2 N–H and O–H groups in total. The van der Waals surface area contributed by atoms with Crippen molar-refractivity contribution >= 4 is 17.6 Å². The molecule has 2 aromatic rings. The average Bonchev–Trinajstić information content (AvgIpc) is 2.66. The number of aliphatic imine (C=N–C) groups is 1. The summed E-state index contributed by atoms with van der Waals surface area (Å²) in [6.45, 7) is 3.12. The third-order valence-electron chi connectivity index (χ3n) is 3.97. The molecule has 0 aliphatic heterocycles. The Kier molecular flexibility index (Phi) is 8.95. The zero-order valence-electron chi connectivity index (χ0n) is 16.3. The summed E-state index contributed by atoms with van der Waals surface area (Å²) in [4.78, 5) is 6.41. The molecule has 0 saturated carbocycles. The molecule has 0 saturated heterocycles. The zero-order valence-corrected chi connectivity index (χ0v) is 17.1. The lowest BCUT2D eigenvalue weighted by Crippen LogP contribution is -2.36. The van der Waals surface area contributed by atoms with Crippen LogP contribution in [-0.2, 0) is 13.1 Å². The van der Waals surface area contributed by atoms with E-state index in [9.17, 15) is 0 Å². The van der Waals surface area contributed by atoms with Gasteiger partial charge in [0, 0.05) is 31.7 Å². The predicted octanol–water partition coefficient (Wildman–Crippen LogP) is 3.54. The molecule has 0 unspecified atom stereocenters. The molecule has 0 spiro atoms. The Morgan fingerprint density at radius 3 is 2.37 bits per heavy atom. The number of halogens is 1. The Balaban J connectivity index is 1.74. The van der Waals surface area contributed by atoms with Crippen LogP contribution in [0, 0.1) is 0 Å². The van der Waals surface area contributed by atoms with Crippen molar-refractivity contribution in [2.75, 3.05) is 34.3 Å². The van der Waals surface area contributed by atoms with E-state index in [1.807, 2.05) is 36.4 Å². The van der Waals surface area contributed by atoms with Crippen LogP contribution in [0.15, 0.2) is 53.5 Å². The first-order valence-electron chi connectivity index (χ1n) is 9.12. The number of nitrogens with one attached hydrogen (secondary N) is 2. The first-order valence-corrected chi connectivity index (χ1v) is 9.50. The van der Waals surface area contributed by atoms with Crippen LogP contribution in [0.25, 0.3) is 0 Å². The minimum atomic E-state index is 0.667. The minimum Gasteiger partial charge on any atom is -0.494 e. The molecule has 0 amide bonds. The van der Waals surface area contributed by atoms with Crippen molar-refractivity contribution in [1.82, 2.24) is 15.5 Å². The second-order valence-corrected chi connectivity index (χ2v) is 6.99. The molecule has 2 rings (SSSR count). The van der Waals surface area contributed by atoms with E-state index in [4.69, 9.17) is 16.3 Å². The van der Waals surface area contributed by atoms with E-state index in [0.29, 0.717) is 13.1 Å². The van der Waals surface area contributed by atoms with E-state index in [2.05, 4.69) is 46.8 Å². The van der Waals surface area contributed by atoms with Gasteiger partial charge in [-0.3, -0.25) is 4.99 Å². The van der Waals surface area contributed by atoms with Crippen LogP contribution in [0.2, 0.25) is 5.02 Å². The van der Waals surface area contributed by atoms with E-state index >= 15 is 0 Å². The van der Waals surface area contributed by atoms with Gasteiger partial charge in [-0.2, -0.15) is 0 Å². The molecule has 2 aromatic carbocycles. The van der Waals surface area contributed by atoms with E-state index in [1.165, 1.54) is 5.56 Å². The van der Waals surface area contributed by atoms with Gasteiger partial charge in [0.05, 0.1) is 6.61 Å². The van der Waals surface area contributed by atoms with Gasteiger partial charge in [-0.1, -0.05) is 35.9 Å². The number of rotatable bonds is 9. The average molecular weight is 389 g/mol. The molecule has 0 aliphatic rings. The molecule has 6 heteroatoms.